The molecule has 0 unspecified atom stereocenters. The van der Waals surface area contributed by atoms with E-state index in [9.17, 15) is 4.79 Å². The fourth-order valence-corrected chi connectivity index (χ4v) is 3.43. The van der Waals surface area contributed by atoms with E-state index in [1.165, 1.54) is 11.3 Å². The first-order valence-corrected chi connectivity index (χ1v) is 9.32. The molecule has 0 saturated carbocycles. The molecule has 0 atom stereocenters. The van der Waals surface area contributed by atoms with Crippen molar-refractivity contribution < 1.29 is 19.0 Å². The van der Waals surface area contributed by atoms with Gasteiger partial charge in [0.2, 0.25) is 6.79 Å². The summed E-state index contributed by atoms with van der Waals surface area (Å²) in [6, 6.07) is 11.4. The standard InChI is InChI=1S/C20H18N2O4S/c1-12-4-3-5-16(13(12)2)24-9-19(23)22-20-21-15(10-27-20)14-6-7-17-18(8-14)26-11-25-17/h3-8,10H,9,11H2,1-2H3,(H,21,22,23). The van der Waals surface area contributed by atoms with Gasteiger partial charge in [-0.05, 0) is 49.2 Å². The van der Waals surface area contributed by atoms with E-state index in [0.717, 1.165) is 28.1 Å². The Labute approximate surface area is 160 Å². The number of nitrogens with one attached hydrogen (secondary N) is 1. The Kier molecular flexibility index (Phi) is 4.68. The second-order valence-electron chi connectivity index (χ2n) is 6.14. The van der Waals surface area contributed by atoms with Gasteiger partial charge in [-0.3, -0.25) is 10.1 Å². The number of anilines is 1. The SMILES string of the molecule is Cc1cccc(OCC(=O)Nc2nc(-c3ccc4c(c3)OCO4)cs2)c1C. The summed E-state index contributed by atoms with van der Waals surface area (Å²) >= 11 is 1.36. The highest BCUT2D eigenvalue weighted by molar-refractivity contribution is 7.14. The molecule has 0 radical (unpaired) electrons. The van der Waals surface area contributed by atoms with E-state index >= 15 is 0 Å². The second-order valence-corrected chi connectivity index (χ2v) is 7.00. The van der Waals surface area contributed by atoms with Crippen LogP contribution >= 0.6 is 11.3 Å². The van der Waals surface area contributed by atoms with Crippen LogP contribution in [0.3, 0.4) is 0 Å². The summed E-state index contributed by atoms with van der Waals surface area (Å²) in [6.07, 6.45) is 0. The van der Waals surface area contributed by atoms with E-state index in [-0.39, 0.29) is 19.3 Å². The predicted molar refractivity (Wildman–Crippen MR) is 104 cm³/mol. The molecular weight excluding hydrogens is 364 g/mol. The molecule has 1 aliphatic rings. The fourth-order valence-electron chi connectivity index (χ4n) is 2.70. The van der Waals surface area contributed by atoms with Gasteiger partial charge in [0.25, 0.3) is 5.91 Å². The Morgan fingerprint density at radius 3 is 2.96 bits per heavy atom. The van der Waals surface area contributed by atoms with E-state index in [1.54, 1.807) is 0 Å². The normalized spacial score (nSPS) is 12.1. The summed E-state index contributed by atoms with van der Waals surface area (Å²) < 4.78 is 16.3. The van der Waals surface area contributed by atoms with Gasteiger partial charge in [0.05, 0.1) is 5.69 Å². The van der Waals surface area contributed by atoms with Crippen LogP contribution in [0, 0.1) is 13.8 Å². The van der Waals surface area contributed by atoms with E-state index < -0.39 is 0 Å². The monoisotopic (exact) mass is 382 g/mol. The lowest BCUT2D eigenvalue weighted by Gasteiger charge is -2.10. The molecule has 1 amide bonds. The van der Waals surface area contributed by atoms with Crippen LogP contribution in [0.2, 0.25) is 0 Å². The van der Waals surface area contributed by atoms with Crippen molar-refractivity contribution in [1.29, 1.82) is 0 Å². The van der Waals surface area contributed by atoms with Crippen molar-refractivity contribution in [2.75, 3.05) is 18.7 Å². The molecule has 0 fully saturated rings. The van der Waals surface area contributed by atoms with Gasteiger partial charge >= 0.3 is 0 Å². The van der Waals surface area contributed by atoms with E-state index in [1.807, 2.05) is 55.6 Å². The van der Waals surface area contributed by atoms with Crippen LogP contribution in [0.4, 0.5) is 5.13 Å². The number of benzene rings is 2. The number of thiazole rings is 1. The number of hydrogen-bond donors (Lipinski definition) is 1. The summed E-state index contributed by atoms with van der Waals surface area (Å²) in [4.78, 5) is 16.6. The quantitative estimate of drug-likeness (QED) is 0.717. The van der Waals surface area contributed by atoms with Crippen molar-refractivity contribution in [3.8, 4) is 28.5 Å². The van der Waals surface area contributed by atoms with Crippen LogP contribution in [0.15, 0.2) is 41.8 Å². The highest BCUT2D eigenvalue weighted by atomic mass is 32.1. The molecule has 0 saturated heterocycles. The molecule has 2 aromatic carbocycles. The highest BCUT2D eigenvalue weighted by Gasteiger charge is 2.15. The zero-order chi connectivity index (χ0) is 18.8. The van der Waals surface area contributed by atoms with Crippen LogP contribution in [0.25, 0.3) is 11.3 Å². The average Bonchev–Trinajstić information content (AvgIpc) is 3.31. The third-order valence-corrected chi connectivity index (χ3v) is 5.09. The van der Waals surface area contributed by atoms with Gasteiger partial charge in [-0.2, -0.15) is 0 Å². The summed E-state index contributed by atoms with van der Waals surface area (Å²) in [6.45, 7) is 4.15. The van der Waals surface area contributed by atoms with Crippen LogP contribution in [-0.4, -0.2) is 24.3 Å². The second kappa shape index (κ2) is 7.28. The van der Waals surface area contributed by atoms with E-state index in [0.29, 0.717) is 16.6 Å². The minimum atomic E-state index is -0.248. The molecule has 1 aliphatic heterocycles. The fraction of sp³-hybridized carbons (Fsp3) is 0.200. The van der Waals surface area contributed by atoms with Gasteiger partial charge in [-0.1, -0.05) is 12.1 Å². The molecule has 3 aromatic rings. The molecule has 1 N–H and O–H groups in total. The number of ether oxygens (including phenoxy) is 3. The number of fused-ring (bicyclic) bond motifs is 1. The number of rotatable bonds is 5. The minimum absolute atomic E-state index is 0.0662. The van der Waals surface area contributed by atoms with Crippen molar-refractivity contribution in [3.63, 3.8) is 0 Å². The summed E-state index contributed by atoms with van der Waals surface area (Å²) in [7, 11) is 0. The van der Waals surface area contributed by atoms with Gasteiger partial charge in [-0.15, -0.1) is 11.3 Å². The smallest absolute Gasteiger partial charge is 0.264 e. The zero-order valence-electron chi connectivity index (χ0n) is 14.9. The Morgan fingerprint density at radius 2 is 2.07 bits per heavy atom. The molecule has 0 spiro atoms. The van der Waals surface area contributed by atoms with E-state index in [4.69, 9.17) is 14.2 Å². The lowest BCUT2D eigenvalue weighted by atomic mass is 10.1. The molecule has 7 heteroatoms. The number of nitrogens with zero attached hydrogens (tertiary/aromatic N) is 1. The van der Waals surface area contributed by atoms with Gasteiger partial charge in [-0.25, -0.2) is 4.98 Å². The number of carbonyl (C=O) groups excluding carboxylic acids is 1. The highest BCUT2D eigenvalue weighted by Crippen LogP contribution is 2.36. The number of hydrogen-bond acceptors (Lipinski definition) is 6. The molecule has 0 aliphatic carbocycles. The first-order chi connectivity index (χ1) is 13.1. The predicted octanol–water partition coefficient (Wildman–Crippen LogP) is 4.17. The Morgan fingerprint density at radius 1 is 1.22 bits per heavy atom. The van der Waals surface area contributed by atoms with Crippen LogP contribution in [0.5, 0.6) is 17.2 Å². The van der Waals surface area contributed by atoms with Crippen LogP contribution < -0.4 is 19.5 Å². The molecular formula is C20H18N2O4S. The van der Waals surface area contributed by atoms with Crippen LogP contribution in [-0.2, 0) is 4.79 Å². The lowest BCUT2D eigenvalue weighted by Crippen LogP contribution is -2.20. The maximum absolute atomic E-state index is 12.2. The van der Waals surface area contributed by atoms with Gasteiger partial charge < -0.3 is 14.2 Å². The molecule has 6 nitrogen and oxygen atoms in total. The van der Waals surface area contributed by atoms with Crippen molar-refractivity contribution >= 4 is 22.4 Å². The zero-order valence-corrected chi connectivity index (χ0v) is 15.8. The number of aromatic nitrogens is 1. The van der Waals surface area contributed by atoms with Crippen molar-refractivity contribution in [3.05, 3.63) is 52.9 Å². The average molecular weight is 382 g/mol. The van der Waals surface area contributed by atoms with Crippen molar-refractivity contribution in [2.24, 2.45) is 0 Å². The maximum atomic E-state index is 12.2. The molecule has 138 valence electrons. The van der Waals surface area contributed by atoms with Gasteiger partial charge in [0, 0.05) is 10.9 Å². The first kappa shape index (κ1) is 17.4. The summed E-state index contributed by atoms with van der Waals surface area (Å²) in [5.74, 6) is 1.90. The Hall–Kier alpha value is -3.06. The molecule has 0 bridgehead atoms. The maximum Gasteiger partial charge on any atom is 0.264 e. The minimum Gasteiger partial charge on any atom is -0.483 e. The van der Waals surface area contributed by atoms with Crippen molar-refractivity contribution in [2.45, 2.75) is 13.8 Å². The third-order valence-electron chi connectivity index (χ3n) is 4.33. The Balaban J connectivity index is 1.39. The largest absolute Gasteiger partial charge is 0.483 e. The summed E-state index contributed by atoms with van der Waals surface area (Å²) in [5, 5.41) is 5.19. The number of amides is 1. The first-order valence-electron chi connectivity index (χ1n) is 8.44. The Bertz CT molecular complexity index is 999. The lowest BCUT2D eigenvalue weighted by molar-refractivity contribution is -0.118. The van der Waals surface area contributed by atoms with E-state index in [2.05, 4.69) is 10.3 Å². The molecule has 2 heterocycles. The molecule has 4 rings (SSSR count). The molecule has 1 aromatic heterocycles. The van der Waals surface area contributed by atoms with Crippen molar-refractivity contribution in [1.82, 2.24) is 4.98 Å². The number of carbonyl (C=O) groups is 1. The topological polar surface area (TPSA) is 69.7 Å². The van der Waals surface area contributed by atoms with Gasteiger partial charge in [0.1, 0.15) is 5.75 Å². The summed E-state index contributed by atoms with van der Waals surface area (Å²) in [5.41, 5.74) is 3.83. The molecule has 27 heavy (non-hydrogen) atoms. The van der Waals surface area contributed by atoms with Gasteiger partial charge in [0.15, 0.2) is 23.2 Å². The van der Waals surface area contributed by atoms with Crippen LogP contribution in [0.1, 0.15) is 11.1 Å². The third kappa shape index (κ3) is 3.73. The number of aryl methyl sites for hydroxylation is 1.